The lowest BCUT2D eigenvalue weighted by Gasteiger charge is -2.29. The maximum atomic E-state index is 12.3. The number of rotatable bonds is 5. The fourth-order valence-corrected chi connectivity index (χ4v) is 3.18. The Bertz CT molecular complexity index is 449. The maximum absolute atomic E-state index is 12.3. The number of hydrogen-bond acceptors (Lipinski definition) is 3. The monoisotopic (exact) mass is 319 g/mol. The molecule has 2 unspecified atom stereocenters. The van der Waals surface area contributed by atoms with E-state index in [2.05, 4.69) is 10.1 Å². The summed E-state index contributed by atoms with van der Waals surface area (Å²) in [6, 6.07) is 7.94. The second kappa shape index (κ2) is 7.38. The van der Waals surface area contributed by atoms with Gasteiger partial charge in [0.25, 0.3) is 0 Å². The first kappa shape index (κ1) is 16.5. The van der Waals surface area contributed by atoms with Crippen LogP contribution in [0.2, 0.25) is 0 Å². The van der Waals surface area contributed by atoms with Gasteiger partial charge in [-0.25, -0.2) is 0 Å². The average Bonchev–Trinajstić information content (AvgIpc) is 2.76. The highest BCUT2D eigenvalue weighted by molar-refractivity contribution is 5.85. The van der Waals surface area contributed by atoms with Gasteiger partial charge in [-0.05, 0) is 31.7 Å². The van der Waals surface area contributed by atoms with Gasteiger partial charge in [0, 0.05) is 17.6 Å². The van der Waals surface area contributed by atoms with Gasteiger partial charge in [-0.3, -0.25) is 0 Å². The van der Waals surface area contributed by atoms with Crippen LogP contribution in [0.15, 0.2) is 24.3 Å². The lowest BCUT2D eigenvalue weighted by Crippen LogP contribution is -2.41. The smallest absolute Gasteiger partial charge is 0.387 e. The Morgan fingerprint density at radius 1 is 1.14 bits per heavy atom. The Hall–Kier alpha value is -0.910. The molecule has 3 rings (SSSR count). The quantitative estimate of drug-likeness (QED) is 0.901. The minimum Gasteiger partial charge on any atom is -0.434 e. The van der Waals surface area contributed by atoms with Gasteiger partial charge in [-0.2, -0.15) is 8.78 Å². The van der Waals surface area contributed by atoms with Gasteiger partial charge >= 0.3 is 6.61 Å². The van der Waals surface area contributed by atoms with Crippen LogP contribution in [0, 0.1) is 0 Å². The van der Waals surface area contributed by atoms with E-state index < -0.39 is 6.61 Å². The number of para-hydroxylation sites is 1. The van der Waals surface area contributed by atoms with Gasteiger partial charge in [0.1, 0.15) is 5.75 Å². The van der Waals surface area contributed by atoms with Gasteiger partial charge in [-0.15, -0.1) is 12.4 Å². The summed E-state index contributed by atoms with van der Waals surface area (Å²) in [5.41, 5.74) is 0.679. The van der Waals surface area contributed by atoms with Gasteiger partial charge in [0.05, 0.1) is 12.7 Å². The van der Waals surface area contributed by atoms with Crippen LogP contribution in [0.5, 0.6) is 5.75 Å². The highest BCUT2D eigenvalue weighted by Gasteiger charge is 2.33. The summed E-state index contributed by atoms with van der Waals surface area (Å²) in [6.07, 6.45) is 4.67. The van der Waals surface area contributed by atoms with Crippen LogP contribution in [-0.4, -0.2) is 24.8 Å². The van der Waals surface area contributed by atoms with Crippen molar-refractivity contribution in [2.75, 3.05) is 0 Å². The second-order valence-corrected chi connectivity index (χ2v) is 5.53. The molecule has 21 heavy (non-hydrogen) atoms. The molecule has 2 heterocycles. The van der Waals surface area contributed by atoms with Crippen LogP contribution < -0.4 is 10.1 Å². The van der Waals surface area contributed by atoms with Crippen LogP contribution in [-0.2, 0) is 11.3 Å². The number of halogens is 3. The van der Waals surface area contributed by atoms with Crippen molar-refractivity contribution >= 4 is 12.4 Å². The zero-order chi connectivity index (χ0) is 13.9. The Kier molecular flexibility index (Phi) is 5.79. The summed E-state index contributed by atoms with van der Waals surface area (Å²) in [5.74, 6) is 0.208. The van der Waals surface area contributed by atoms with E-state index in [9.17, 15) is 8.78 Å². The summed E-state index contributed by atoms with van der Waals surface area (Å²) in [4.78, 5) is 0. The van der Waals surface area contributed by atoms with E-state index in [1.165, 1.54) is 12.8 Å². The molecule has 0 amide bonds. The molecule has 2 fully saturated rings. The molecule has 1 N–H and O–H groups in total. The predicted molar refractivity (Wildman–Crippen MR) is 78.1 cm³/mol. The summed E-state index contributed by atoms with van der Waals surface area (Å²) < 4.78 is 35.1. The Balaban J connectivity index is 0.00000161. The number of piperidine rings is 1. The highest BCUT2D eigenvalue weighted by atomic mass is 35.5. The third-order valence-electron chi connectivity index (χ3n) is 4.09. The number of nitrogens with one attached hydrogen (secondary N) is 1. The number of alkyl halides is 2. The highest BCUT2D eigenvalue weighted by Crippen LogP contribution is 2.30. The molecule has 0 spiro atoms. The van der Waals surface area contributed by atoms with Crippen LogP contribution in [0.25, 0.3) is 0 Å². The van der Waals surface area contributed by atoms with Gasteiger partial charge in [0.15, 0.2) is 0 Å². The van der Waals surface area contributed by atoms with Crippen molar-refractivity contribution in [2.45, 2.75) is 57.1 Å². The standard InChI is InChI=1S/C15H19F2NO2.ClH/c16-15(17)20-14-4-2-1-3-10(14)9-19-13-7-11-5-6-12(8-13)18-11;/h1-4,11-13,15,18H,5-9H2;1H. The fourth-order valence-electron chi connectivity index (χ4n) is 3.18. The molecular weight excluding hydrogens is 300 g/mol. The molecule has 118 valence electrons. The van der Waals surface area contributed by atoms with Gasteiger partial charge < -0.3 is 14.8 Å². The SMILES string of the molecule is Cl.FC(F)Oc1ccccc1COC1CC2CCC(C1)N2. The van der Waals surface area contributed by atoms with Crippen LogP contribution in [0.3, 0.4) is 0 Å². The molecule has 2 aliphatic heterocycles. The normalized spacial score (nSPS) is 27.5. The minimum atomic E-state index is -2.80. The first-order valence-corrected chi connectivity index (χ1v) is 7.11. The lowest BCUT2D eigenvalue weighted by molar-refractivity contribution is -0.0526. The molecule has 0 saturated carbocycles. The molecule has 2 atom stereocenters. The largest absolute Gasteiger partial charge is 0.434 e. The van der Waals surface area contributed by atoms with Crippen molar-refractivity contribution in [1.82, 2.24) is 5.32 Å². The molecule has 3 nitrogen and oxygen atoms in total. The summed E-state index contributed by atoms with van der Waals surface area (Å²) in [6.45, 7) is -2.47. The molecule has 0 aliphatic carbocycles. The maximum Gasteiger partial charge on any atom is 0.387 e. The number of ether oxygens (including phenoxy) is 2. The molecule has 0 radical (unpaired) electrons. The molecule has 1 aromatic rings. The van der Waals surface area contributed by atoms with Crippen molar-refractivity contribution in [3.63, 3.8) is 0 Å². The molecule has 6 heteroatoms. The Morgan fingerprint density at radius 3 is 2.48 bits per heavy atom. The van der Waals surface area contributed by atoms with Gasteiger partial charge in [-0.1, -0.05) is 18.2 Å². The van der Waals surface area contributed by atoms with E-state index in [0.717, 1.165) is 12.8 Å². The van der Waals surface area contributed by atoms with Gasteiger partial charge in [0.2, 0.25) is 0 Å². The van der Waals surface area contributed by atoms with Crippen molar-refractivity contribution in [2.24, 2.45) is 0 Å². The zero-order valence-electron chi connectivity index (χ0n) is 11.6. The minimum absolute atomic E-state index is 0. The molecule has 2 bridgehead atoms. The number of hydrogen-bond donors (Lipinski definition) is 1. The fraction of sp³-hybridized carbons (Fsp3) is 0.600. The third-order valence-corrected chi connectivity index (χ3v) is 4.09. The van der Waals surface area contributed by atoms with E-state index in [4.69, 9.17) is 4.74 Å². The lowest BCUT2D eigenvalue weighted by atomic mass is 10.0. The zero-order valence-corrected chi connectivity index (χ0v) is 12.5. The predicted octanol–water partition coefficient (Wildman–Crippen LogP) is 3.51. The summed E-state index contributed by atoms with van der Waals surface area (Å²) in [5, 5.41) is 3.55. The first-order chi connectivity index (χ1) is 9.70. The first-order valence-electron chi connectivity index (χ1n) is 7.11. The topological polar surface area (TPSA) is 30.5 Å². The Labute approximate surface area is 129 Å². The van der Waals surface area contributed by atoms with E-state index in [1.807, 2.05) is 6.07 Å². The molecular formula is C15H20ClF2NO2. The van der Waals surface area contributed by atoms with Crippen LogP contribution >= 0.6 is 12.4 Å². The summed E-state index contributed by atoms with van der Waals surface area (Å²) in [7, 11) is 0. The Morgan fingerprint density at radius 2 is 1.81 bits per heavy atom. The molecule has 2 aliphatic rings. The number of benzene rings is 1. The second-order valence-electron chi connectivity index (χ2n) is 5.53. The number of fused-ring (bicyclic) bond motifs is 2. The van der Waals surface area contributed by atoms with E-state index >= 15 is 0 Å². The van der Waals surface area contributed by atoms with Crippen LogP contribution in [0.1, 0.15) is 31.2 Å². The van der Waals surface area contributed by atoms with Crippen molar-refractivity contribution in [1.29, 1.82) is 0 Å². The third kappa shape index (κ3) is 4.28. The van der Waals surface area contributed by atoms with Crippen molar-refractivity contribution in [3.8, 4) is 5.75 Å². The van der Waals surface area contributed by atoms with Crippen molar-refractivity contribution in [3.05, 3.63) is 29.8 Å². The van der Waals surface area contributed by atoms with E-state index in [1.54, 1.807) is 18.2 Å². The average molecular weight is 320 g/mol. The van der Waals surface area contributed by atoms with Crippen LogP contribution in [0.4, 0.5) is 8.78 Å². The molecule has 0 aromatic heterocycles. The summed E-state index contributed by atoms with van der Waals surface area (Å²) >= 11 is 0. The van der Waals surface area contributed by atoms with E-state index in [0.29, 0.717) is 24.3 Å². The molecule has 1 aromatic carbocycles. The van der Waals surface area contributed by atoms with E-state index in [-0.39, 0.29) is 24.3 Å². The van der Waals surface area contributed by atoms with Crippen molar-refractivity contribution < 1.29 is 18.3 Å². The molecule has 2 saturated heterocycles.